The number of fused-ring (bicyclic) bond motifs is 1. The summed E-state index contributed by atoms with van der Waals surface area (Å²) in [5, 5.41) is 2.42. The van der Waals surface area contributed by atoms with E-state index in [0.29, 0.717) is 17.0 Å². The normalized spacial score (nSPS) is 13.3. The van der Waals surface area contributed by atoms with Crippen LogP contribution in [-0.4, -0.2) is 31.0 Å². The van der Waals surface area contributed by atoms with E-state index in [2.05, 4.69) is 98.3 Å². The summed E-state index contributed by atoms with van der Waals surface area (Å²) in [6.07, 6.45) is -0.140. The van der Waals surface area contributed by atoms with Gasteiger partial charge in [-0.2, -0.15) is 0 Å². The highest BCUT2D eigenvalue weighted by molar-refractivity contribution is 7.21. The van der Waals surface area contributed by atoms with Gasteiger partial charge in [0.25, 0.3) is 8.32 Å². The molecule has 0 aliphatic carbocycles. The summed E-state index contributed by atoms with van der Waals surface area (Å²) in [6.45, 7) is 11.3. The van der Waals surface area contributed by atoms with Crippen molar-refractivity contribution in [1.82, 2.24) is 9.97 Å². The molecule has 172 valence electrons. The minimum absolute atomic E-state index is 0.0862. The Hall–Kier alpha value is -2.25. The fourth-order valence-corrected chi connectivity index (χ4v) is 10.0. The minimum Gasteiger partial charge on any atom is -0.475 e. The standard InChI is InChI=1S/C26H29ClN2O2SSi/c1-18-16-22(28-24-23(18)29-25(27)32-24)30-17-19(2)31-33(26(3,4)5,20-12-8-6-9-13-20)21-14-10-7-11-15-21/h6-16,19H,17H2,1-5H3/t19-/m1/s1. The SMILES string of the molecule is Cc1cc(OC[C@@H](C)O[Si](c2ccccc2)(c2ccccc2)C(C)(C)C)nc2sc(Cl)nc12. The topological polar surface area (TPSA) is 44.2 Å². The molecule has 0 aliphatic heterocycles. The van der Waals surface area contributed by atoms with Gasteiger partial charge in [-0.05, 0) is 34.8 Å². The first kappa shape index (κ1) is 23.9. The Morgan fingerprint density at radius 2 is 1.55 bits per heavy atom. The highest BCUT2D eigenvalue weighted by Crippen LogP contribution is 2.37. The lowest BCUT2D eigenvalue weighted by Crippen LogP contribution is -2.67. The van der Waals surface area contributed by atoms with E-state index in [4.69, 9.17) is 20.8 Å². The van der Waals surface area contributed by atoms with Crippen LogP contribution in [-0.2, 0) is 4.43 Å². The van der Waals surface area contributed by atoms with Crippen LogP contribution in [0.4, 0.5) is 0 Å². The van der Waals surface area contributed by atoms with Crippen molar-refractivity contribution in [3.8, 4) is 5.88 Å². The molecular weight excluding hydrogens is 468 g/mol. The molecule has 0 amide bonds. The average Bonchev–Trinajstić information content (AvgIpc) is 3.17. The summed E-state index contributed by atoms with van der Waals surface area (Å²) < 4.78 is 13.7. The third kappa shape index (κ3) is 4.85. The third-order valence-electron chi connectivity index (χ3n) is 5.77. The number of aromatic nitrogens is 2. The predicted octanol–water partition coefficient (Wildman–Crippen LogP) is 6.00. The molecule has 7 heteroatoms. The van der Waals surface area contributed by atoms with Crippen molar-refractivity contribution >= 4 is 52.0 Å². The van der Waals surface area contributed by atoms with Crippen LogP contribution in [0.25, 0.3) is 10.3 Å². The van der Waals surface area contributed by atoms with Crippen molar-refractivity contribution < 1.29 is 9.16 Å². The Morgan fingerprint density at radius 3 is 2.09 bits per heavy atom. The van der Waals surface area contributed by atoms with E-state index >= 15 is 0 Å². The van der Waals surface area contributed by atoms with E-state index < -0.39 is 8.32 Å². The molecule has 1 atom stereocenters. The van der Waals surface area contributed by atoms with Crippen molar-refractivity contribution in [2.75, 3.05) is 6.61 Å². The Labute approximate surface area is 205 Å². The maximum absolute atomic E-state index is 7.07. The first-order valence-electron chi connectivity index (χ1n) is 11.1. The summed E-state index contributed by atoms with van der Waals surface area (Å²) in [6, 6.07) is 23.2. The molecule has 2 aromatic heterocycles. The number of rotatable bonds is 7. The van der Waals surface area contributed by atoms with Gasteiger partial charge in [-0.3, -0.25) is 0 Å². The van der Waals surface area contributed by atoms with Gasteiger partial charge in [0.1, 0.15) is 17.0 Å². The highest BCUT2D eigenvalue weighted by atomic mass is 35.5. The smallest absolute Gasteiger partial charge is 0.261 e. The molecule has 4 rings (SSSR count). The Morgan fingerprint density at radius 1 is 0.970 bits per heavy atom. The molecule has 0 bridgehead atoms. The van der Waals surface area contributed by atoms with Crippen molar-refractivity contribution in [2.45, 2.75) is 45.8 Å². The van der Waals surface area contributed by atoms with E-state index in [9.17, 15) is 0 Å². The van der Waals surface area contributed by atoms with Crippen LogP contribution in [0.15, 0.2) is 66.7 Å². The van der Waals surface area contributed by atoms with Crippen LogP contribution in [0, 0.1) is 6.92 Å². The molecule has 2 heterocycles. The van der Waals surface area contributed by atoms with Crippen LogP contribution in [0.1, 0.15) is 33.3 Å². The zero-order valence-corrected chi connectivity index (χ0v) is 22.2. The molecule has 0 radical (unpaired) electrons. The number of hydrogen-bond acceptors (Lipinski definition) is 5. The number of halogens is 1. The van der Waals surface area contributed by atoms with E-state index in [-0.39, 0.29) is 11.1 Å². The average molecular weight is 497 g/mol. The minimum atomic E-state index is -2.63. The van der Waals surface area contributed by atoms with Gasteiger partial charge < -0.3 is 9.16 Å². The van der Waals surface area contributed by atoms with Gasteiger partial charge in [0.15, 0.2) is 4.47 Å². The second-order valence-electron chi connectivity index (χ2n) is 9.30. The number of ether oxygens (including phenoxy) is 1. The van der Waals surface area contributed by atoms with E-state index in [1.54, 1.807) is 0 Å². The van der Waals surface area contributed by atoms with Gasteiger partial charge >= 0.3 is 0 Å². The van der Waals surface area contributed by atoms with Gasteiger partial charge in [-0.25, -0.2) is 9.97 Å². The summed E-state index contributed by atoms with van der Waals surface area (Å²) >= 11 is 7.44. The van der Waals surface area contributed by atoms with E-state index in [1.165, 1.54) is 21.7 Å². The number of aryl methyl sites for hydroxylation is 1. The summed E-state index contributed by atoms with van der Waals surface area (Å²) in [4.78, 5) is 9.72. The molecule has 4 nitrogen and oxygen atoms in total. The third-order valence-corrected chi connectivity index (χ3v) is 12.0. The van der Waals surface area contributed by atoms with Crippen LogP contribution in [0.3, 0.4) is 0 Å². The number of nitrogens with zero attached hydrogens (tertiary/aromatic N) is 2. The first-order chi connectivity index (χ1) is 15.7. The maximum Gasteiger partial charge on any atom is 0.261 e. The molecule has 4 aromatic rings. The molecule has 0 saturated heterocycles. The number of hydrogen-bond donors (Lipinski definition) is 0. The molecule has 0 fully saturated rings. The Balaban J connectivity index is 1.64. The molecule has 0 N–H and O–H groups in total. The van der Waals surface area contributed by atoms with Crippen molar-refractivity contribution in [3.05, 3.63) is 76.8 Å². The zero-order valence-electron chi connectivity index (χ0n) is 19.6. The Bertz CT molecular complexity index is 1190. The fourth-order valence-electron chi connectivity index (χ4n) is 4.31. The van der Waals surface area contributed by atoms with Gasteiger partial charge in [0.05, 0.1) is 6.10 Å². The quantitative estimate of drug-likeness (QED) is 0.294. The van der Waals surface area contributed by atoms with Crippen molar-refractivity contribution in [2.24, 2.45) is 0 Å². The van der Waals surface area contributed by atoms with Crippen molar-refractivity contribution in [1.29, 1.82) is 0 Å². The lowest BCUT2D eigenvalue weighted by molar-refractivity contribution is 0.131. The summed E-state index contributed by atoms with van der Waals surface area (Å²) in [5.74, 6) is 0.568. The molecule has 2 aromatic carbocycles. The number of thiazole rings is 1. The second kappa shape index (κ2) is 9.55. The summed E-state index contributed by atoms with van der Waals surface area (Å²) in [5.41, 5.74) is 1.83. The zero-order chi connectivity index (χ0) is 23.6. The van der Waals surface area contributed by atoms with Crippen molar-refractivity contribution in [3.63, 3.8) is 0 Å². The highest BCUT2D eigenvalue weighted by Gasteiger charge is 2.51. The van der Waals surface area contributed by atoms with Crippen LogP contribution in [0.2, 0.25) is 9.51 Å². The molecular formula is C26H29ClN2O2SSi. The van der Waals surface area contributed by atoms with E-state index in [0.717, 1.165) is 15.9 Å². The van der Waals surface area contributed by atoms with Gasteiger partial charge in [0.2, 0.25) is 5.88 Å². The lowest BCUT2D eigenvalue weighted by atomic mass is 10.2. The molecule has 0 unspecified atom stereocenters. The molecule has 0 spiro atoms. The van der Waals surface area contributed by atoms with Crippen LogP contribution in [0.5, 0.6) is 5.88 Å². The van der Waals surface area contributed by atoms with Crippen LogP contribution < -0.4 is 15.1 Å². The van der Waals surface area contributed by atoms with Crippen LogP contribution >= 0.6 is 22.9 Å². The molecule has 0 saturated carbocycles. The van der Waals surface area contributed by atoms with Gasteiger partial charge in [0, 0.05) is 6.07 Å². The lowest BCUT2D eigenvalue weighted by Gasteiger charge is -2.44. The number of pyridine rings is 1. The summed E-state index contributed by atoms with van der Waals surface area (Å²) in [7, 11) is -2.63. The molecule has 33 heavy (non-hydrogen) atoms. The van der Waals surface area contributed by atoms with Gasteiger partial charge in [-0.15, -0.1) is 0 Å². The first-order valence-corrected chi connectivity index (χ1v) is 14.2. The second-order valence-corrected chi connectivity index (χ2v) is 15.1. The fraction of sp³-hybridized carbons (Fsp3) is 0.308. The number of benzene rings is 2. The monoisotopic (exact) mass is 496 g/mol. The molecule has 0 aliphatic rings. The maximum atomic E-state index is 7.07. The Kier molecular flexibility index (Phi) is 6.91. The van der Waals surface area contributed by atoms with E-state index in [1.807, 2.05) is 13.0 Å². The predicted molar refractivity (Wildman–Crippen MR) is 141 cm³/mol. The largest absolute Gasteiger partial charge is 0.475 e. The van der Waals surface area contributed by atoms with Gasteiger partial charge in [-0.1, -0.05) is 104 Å².